The molecule has 2 aromatic heterocycles. The van der Waals surface area contributed by atoms with E-state index >= 15 is 4.39 Å². The highest BCUT2D eigenvalue weighted by molar-refractivity contribution is 6.32. The molecule has 1 aliphatic heterocycles. The Morgan fingerprint density at radius 2 is 1.94 bits per heavy atom. The van der Waals surface area contributed by atoms with E-state index in [1.807, 2.05) is 13.8 Å². The Kier molecular flexibility index (Phi) is 6.31. The number of carbonyl (C=O) groups is 1. The minimum absolute atomic E-state index is 0.0478. The molecule has 1 fully saturated rings. The largest absolute Gasteiger partial charge is 0.372 e. The molecule has 0 radical (unpaired) electrons. The average molecular weight is 475 g/mol. The predicted molar refractivity (Wildman–Crippen MR) is 122 cm³/mol. The van der Waals surface area contributed by atoms with Crippen LogP contribution in [0.25, 0.3) is 10.9 Å². The van der Waals surface area contributed by atoms with Crippen LogP contribution < -0.4 is 10.9 Å². The summed E-state index contributed by atoms with van der Waals surface area (Å²) in [5, 5.41) is 2.93. The van der Waals surface area contributed by atoms with E-state index in [4.69, 9.17) is 16.3 Å². The summed E-state index contributed by atoms with van der Waals surface area (Å²) in [5.74, 6) is -0.379. The highest BCUT2D eigenvalue weighted by atomic mass is 35.5. The van der Waals surface area contributed by atoms with Gasteiger partial charge in [0.2, 0.25) is 5.95 Å². The first-order valence-electron chi connectivity index (χ1n) is 10.6. The van der Waals surface area contributed by atoms with Gasteiger partial charge >= 0.3 is 0 Å². The lowest BCUT2D eigenvalue weighted by atomic mass is 10.0. The SMILES string of the molecule is Cc1nc2cc(Cl)c(C(C)Nc3ncc(C(=O)N4C[C@@H](C)O[C@@H](C)C4)cn3)c(F)c2c(=O)[nH]1. The zero-order valence-electron chi connectivity index (χ0n) is 18.6. The number of nitrogens with zero attached hydrogens (tertiary/aromatic N) is 4. The summed E-state index contributed by atoms with van der Waals surface area (Å²) in [7, 11) is 0. The molecule has 1 aromatic carbocycles. The fraction of sp³-hybridized carbons (Fsp3) is 0.409. The van der Waals surface area contributed by atoms with E-state index in [-0.39, 0.29) is 45.6 Å². The van der Waals surface area contributed by atoms with Gasteiger partial charge in [0.15, 0.2) is 0 Å². The second kappa shape index (κ2) is 9.03. The van der Waals surface area contributed by atoms with Crippen molar-refractivity contribution in [2.75, 3.05) is 18.4 Å². The minimum Gasteiger partial charge on any atom is -0.372 e. The van der Waals surface area contributed by atoms with Gasteiger partial charge in [0.05, 0.1) is 34.4 Å². The topological polar surface area (TPSA) is 113 Å². The van der Waals surface area contributed by atoms with Gasteiger partial charge in [0.25, 0.3) is 11.5 Å². The van der Waals surface area contributed by atoms with Crippen molar-refractivity contribution in [1.29, 1.82) is 0 Å². The number of hydrogen-bond donors (Lipinski definition) is 2. The monoisotopic (exact) mass is 474 g/mol. The molecule has 9 nitrogen and oxygen atoms in total. The van der Waals surface area contributed by atoms with Crippen LogP contribution in [0.15, 0.2) is 23.3 Å². The maximum absolute atomic E-state index is 15.2. The summed E-state index contributed by atoms with van der Waals surface area (Å²) < 4.78 is 20.9. The Bertz CT molecular complexity index is 1260. The van der Waals surface area contributed by atoms with Gasteiger partial charge in [-0.2, -0.15) is 0 Å². The van der Waals surface area contributed by atoms with Crippen LogP contribution in [0, 0.1) is 12.7 Å². The lowest BCUT2D eigenvalue weighted by Gasteiger charge is -2.35. The number of aromatic nitrogens is 4. The van der Waals surface area contributed by atoms with Crippen LogP contribution in [-0.2, 0) is 4.74 Å². The number of halogens is 2. The number of carbonyl (C=O) groups excluding carboxylic acids is 1. The molecule has 0 bridgehead atoms. The van der Waals surface area contributed by atoms with Gasteiger partial charge in [0, 0.05) is 31.0 Å². The number of benzene rings is 1. The van der Waals surface area contributed by atoms with E-state index in [1.54, 1.807) is 18.7 Å². The number of anilines is 1. The van der Waals surface area contributed by atoms with Crippen molar-refractivity contribution in [3.8, 4) is 0 Å². The molecule has 4 rings (SSSR count). The van der Waals surface area contributed by atoms with Crippen molar-refractivity contribution >= 4 is 34.4 Å². The lowest BCUT2D eigenvalue weighted by Crippen LogP contribution is -2.48. The average Bonchev–Trinajstić information content (AvgIpc) is 2.72. The van der Waals surface area contributed by atoms with E-state index < -0.39 is 17.4 Å². The molecule has 1 saturated heterocycles. The number of hydrogen-bond acceptors (Lipinski definition) is 7. The van der Waals surface area contributed by atoms with Crippen LogP contribution in [0.1, 0.15) is 48.6 Å². The summed E-state index contributed by atoms with van der Waals surface area (Å²) >= 11 is 6.32. The second-order valence-electron chi connectivity index (χ2n) is 8.26. The number of rotatable bonds is 4. The van der Waals surface area contributed by atoms with E-state index in [1.165, 1.54) is 18.5 Å². The van der Waals surface area contributed by atoms with Gasteiger partial charge in [0.1, 0.15) is 17.0 Å². The van der Waals surface area contributed by atoms with Crippen molar-refractivity contribution < 1.29 is 13.9 Å². The van der Waals surface area contributed by atoms with Crippen LogP contribution in [-0.4, -0.2) is 56.0 Å². The molecule has 174 valence electrons. The van der Waals surface area contributed by atoms with Crippen LogP contribution in [0.4, 0.5) is 10.3 Å². The van der Waals surface area contributed by atoms with Gasteiger partial charge in [-0.15, -0.1) is 0 Å². The maximum atomic E-state index is 15.2. The van der Waals surface area contributed by atoms with Gasteiger partial charge in [-0.1, -0.05) is 11.6 Å². The Morgan fingerprint density at radius 3 is 2.58 bits per heavy atom. The Balaban J connectivity index is 1.55. The standard InChI is InChI=1S/C22H24ClFN6O3/c1-10-8-30(9-11(2)33-10)21(32)14-6-25-22(26-7-14)27-12(3)17-15(23)5-16-18(19(17)24)20(31)29-13(4)28-16/h5-7,10-12H,8-9H2,1-4H3,(H,25,26,27)(H,28,29,31)/t10-,11+,12?. The van der Waals surface area contributed by atoms with E-state index in [2.05, 4.69) is 25.3 Å². The van der Waals surface area contributed by atoms with E-state index in [0.29, 0.717) is 24.5 Å². The fourth-order valence-electron chi connectivity index (χ4n) is 4.06. The first kappa shape index (κ1) is 23.1. The van der Waals surface area contributed by atoms with Crippen molar-refractivity contribution in [3.63, 3.8) is 0 Å². The summed E-state index contributed by atoms with van der Waals surface area (Å²) in [5.41, 5.74) is 0.0457. The number of H-pyrrole nitrogens is 1. The third kappa shape index (κ3) is 4.67. The normalized spacial score (nSPS) is 19.5. The Labute approximate surface area is 194 Å². The summed E-state index contributed by atoms with van der Waals surface area (Å²) in [4.78, 5) is 41.8. The van der Waals surface area contributed by atoms with Crippen molar-refractivity contribution in [3.05, 3.63) is 56.6 Å². The number of fused-ring (bicyclic) bond motifs is 1. The summed E-state index contributed by atoms with van der Waals surface area (Å²) in [6.45, 7) is 8.11. The van der Waals surface area contributed by atoms with Crippen LogP contribution in [0.5, 0.6) is 0 Å². The molecule has 1 unspecified atom stereocenters. The molecule has 0 saturated carbocycles. The van der Waals surface area contributed by atoms with Crippen LogP contribution in [0.3, 0.4) is 0 Å². The maximum Gasteiger partial charge on any atom is 0.261 e. The zero-order chi connectivity index (χ0) is 23.9. The summed E-state index contributed by atoms with van der Waals surface area (Å²) in [6.07, 6.45) is 2.75. The molecule has 0 aliphatic carbocycles. The molecule has 3 atom stereocenters. The van der Waals surface area contributed by atoms with Crippen LogP contribution in [0.2, 0.25) is 5.02 Å². The molecule has 1 amide bonds. The number of aromatic amines is 1. The van der Waals surface area contributed by atoms with Crippen LogP contribution >= 0.6 is 11.6 Å². The molecule has 0 spiro atoms. The molecule has 11 heteroatoms. The highest BCUT2D eigenvalue weighted by Crippen LogP contribution is 2.31. The predicted octanol–water partition coefficient (Wildman–Crippen LogP) is 3.24. The smallest absolute Gasteiger partial charge is 0.261 e. The third-order valence-corrected chi connectivity index (χ3v) is 5.74. The molecule has 2 N–H and O–H groups in total. The van der Waals surface area contributed by atoms with E-state index in [9.17, 15) is 9.59 Å². The third-order valence-electron chi connectivity index (χ3n) is 5.43. The van der Waals surface area contributed by atoms with Gasteiger partial charge in [-0.3, -0.25) is 9.59 Å². The van der Waals surface area contributed by atoms with E-state index in [0.717, 1.165) is 0 Å². The fourth-order valence-corrected chi connectivity index (χ4v) is 4.41. The number of aryl methyl sites for hydroxylation is 1. The second-order valence-corrected chi connectivity index (χ2v) is 8.67. The zero-order valence-corrected chi connectivity index (χ0v) is 19.4. The number of nitrogens with one attached hydrogen (secondary N) is 2. The van der Waals surface area contributed by atoms with Gasteiger partial charge in [-0.25, -0.2) is 19.3 Å². The number of morpholine rings is 1. The molecule has 1 aliphatic rings. The first-order valence-corrected chi connectivity index (χ1v) is 10.9. The van der Waals surface area contributed by atoms with Gasteiger partial charge < -0.3 is 19.9 Å². The molecule has 33 heavy (non-hydrogen) atoms. The Hall–Kier alpha value is -3.11. The van der Waals surface area contributed by atoms with Crippen molar-refractivity contribution in [2.45, 2.75) is 45.9 Å². The first-order chi connectivity index (χ1) is 15.6. The molecular weight excluding hydrogens is 451 g/mol. The molecule has 3 aromatic rings. The summed E-state index contributed by atoms with van der Waals surface area (Å²) in [6, 6.07) is 0.799. The lowest BCUT2D eigenvalue weighted by molar-refractivity contribution is -0.0586. The molecular formula is C22H24ClFN6O3. The Morgan fingerprint density at radius 1 is 1.30 bits per heavy atom. The highest BCUT2D eigenvalue weighted by Gasteiger charge is 2.27. The van der Waals surface area contributed by atoms with Crippen molar-refractivity contribution in [1.82, 2.24) is 24.8 Å². The van der Waals surface area contributed by atoms with Crippen molar-refractivity contribution in [2.24, 2.45) is 0 Å². The molecule has 3 heterocycles. The minimum atomic E-state index is -0.756. The van der Waals surface area contributed by atoms with Gasteiger partial charge in [-0.05, 0) is 33.8 Å². The quantitative estimate of drug-likeness (QED) is 0.596. The number of ether oxygens (including phenoxy) is 1. The number of amides is 1.